The molecule has 110 valence electrons. The fourth-order valence-corrected chi connectivity index (χ4v) is 2.76. The number of ether oxygens (including phenoxy) is 1. The maximum Gasteiger partial charge on any atom is 0.127 e. The van der Waals surface area contributed by atoms with E-state index < -0.39 is 0 Å². The van der Waals surface area contributed by atoms with Gasteiger partial charge in [0.2, 0.25) is 0 Å². The predicted octanol–water partition coefficient (Wildman–Crippen LogP) is 4.14. The van der Waals surface area contributed by atoms with Gasteiger partial charge in [-0.1, -0.05) is 25.1 Å². The van der Waals surface area contributed by atoms with Crippen molar-refractivity contribution in [2.24, 2.45) is 0 Å². The second-order valence-electron chi connectivity index (χ2n) is 5.19. The zero-order valence-corrected chi connectivity index (χ0v) is 11.8. The monoisotopic (exact) mass is 289 g/mol. The largest absolute Gasteiger partial charge is 0.485 e. The van der Waals surface area contributed by atoms with Crippen molar-refractivity contribution in [1.29, 1.82) is 0 Å². The lowest BCUT2D eigenvalue weighted by Gasteiger charge is -2.33. The van der Waals surface area contributed by atoms with Gasteiger partial charge in [-0.3, -0.25) is 0 Å². The summed E-state index contributed by atoms with van der Waals surface area (Å²) in [5.74, 6) is -0.0329. The van der Waals surface area contributed by atoms with Crippen molar-refractivity contribution in [1.82, 2.24) is 5.32 Å². The summed E-state index contributed by atoms with van der Waals surface area (Å²) in [5, 5.41) is 3.39. The molecule has 0 saturated carbocycles. The lowest BCUT2D eigenvalue weighted by molar-refractivity contribution is 0.151. The first-order valence-electron chi connectivity index (χ1n) is 7.12. The van der Waals surface area contributed by atoms with Gasteiger partial charge in [-0.25, -0.2) is 8.78 Å². The zero-order valence-electron chi connectivity index (χ0n) is 11.8. The summed E-state index contributed by atoms with van der Waals surface area (Å²) in [6.45, 7) is 2.85. The maximum absolute atomic E-state index is 13.4. The van der Waals surface area contributed by atoms with E-state index in [2.05, 4.69) is 5.32 Å². The highest BCUT2D eigenvalue weighted by Gasteiger charge is 2.29. The molecule has 2 unspecified atom stereocenters. The molecule has 3 rings (SSSR count). The molecule has 1 aliphatic rings. The van der Waals surface area contributed by atoms with E-state index in [9.17, 15) is 8.78 Å². The molecular formula is C17H17F2NO. The smallest absolute Gasteiger partial charge is 0.127 e. The normalized spacial score (nSPS) is 20.7. The molecule has 0 aromatic heterocycles. The highest BCUT2D eigenvalue weighted by molar-refractivity contribution is 5.39. The number of benzene rings is 2. The Kier molecular flexibility index (Phi) is 3.88. The summed E-state index contributed by atoms with van der Waals surface area (Å²) in [7, 11) is 0. The van der Waals surface area contributed by atoms with Crippen molar-refractivity contribution < 1.29 is 13.5 Å². The Hall–Kier alpha value is -1.94. The Morgan fingerprint density at radius 3 is 2.52 bits per heavy atom. The molecule has 2 aromatic carbocycles. The molecule has 1 aliphatic heterocycles. The van der Waals surface area contributed by atoms with Gasteiger partial charge in [-0.2, -0.15) is 0 Å². The summed E-state index contributed by atoms with van der Waals surface area (Å²) in [6.07, 6.45) is 0.530. The van der Waals surface area contributed by atoms with Gasteiger partial charge in [0, 0.05) is 24.1 Å². The Bertz CT molecular complexity index is 627. The molecule has 0 saturated heterocycles. The van der Waals surface area contributed by atoms with E-state index in [4.69, 9.17) is 4.74 Å². The average Bonchev–Trinajstić information content (AvgIpc) is 2.47. The van der Waals surface area contributed by atoms with Crippen LogP contribution in [0.3, 0.4) is 0 Å². The molecule has 4 heteroatoms. The average molecular weight is 289 g/mol. The van der Waals surface area contributed by atoms with Gasteiger partial charge in [0.1, 0.15) is 23.5 Å². The fraction of sp³-hybridized carbons (Fsp3) is 0.294. The summed E-state index contributed by atoms with van der Waals surface area (Å²) in [6, 6.07) is 11.0. The van der Waals surface area contributed by atoms with Crippen LogP contribution in [-0.2, 0) is 0 Å². The minimum absolute atomic E-state index is 0.106. The highest BCUT2D eigenvalue weighted by atomic mass is 19.1. The molecule has 0 bridgehead atoms. The number of nitrogens with one attached hydrogen (secondary N) is 1. The molecule has 2 nitrogen and oxygen atoms in total. The van der Waals surface area contributed by atoms with Crippen LogP contribution >= 0.6 is 0 Å². The first-order valence-corrected chi connectivity index (χ1v) is 7.12. The van der Waals surface area contributed by atoms with Crippen LogP contribution in [0.25, 0.3) is 0 Å². The van der Waals surface area contributed by atoms with Crippen LogP contribution in [0.5, 0.6) is 5.75 Å². The van der Waals surface area contributed by atoms with Crippen molar-refractivity contribution in [3.63, 3.8) is 0 Å². The number of hydrogen-bond acceptors (Lipinski definition) is 2. The quantitative estimate of drug-likeness (QED) is 0.917. The molecule has 0 spiro atoms. The summed E-state index contributed by atoms with van der Waals surface area (Å²) in [5.41, 5.74) is 1.87. The third kappa shape index (κ3) is 2.90. The minimum Gasteiger partial charge on any atom is -0.485 e. The standard InChI is InChI=1S/C17H17F2NO/c1-2-20-15-10-16(11-3-5-12(18)6-4-11)21-17-9-13(19)7-8-14(15)17/h3-9,15-16,20H,2,10H2,1H3. The summed E-state index contributed by atoms with van der Waals surface area (Å²) < 4.78 is 32.4. The first kappa shape index (κ1) is 14.0. The van der Waals surface area contributed by atoms with Crippen LogP contribution in [0, 0.1) is 11.6 Å². The lowest BCUT2D eigenvalue weighted by atomic mass is 9.93. The van der Waals surface area contributed by atoms with Gasteiger partial charge in [0.15, 0.2) is 0 Å². The Morgan fingerprint density at radius 1 is 1.10 bits per heavy atom. The van der Waals surface area contributed by atoms with E-state index in [0.717, 1.165) is 24.1 Å². The lowest BCUT2D eigenvalue weighted by Crippen LogP contribution is -2.29. The molecule has 0 radical (unpaired) electrons. The minimum atomic E-state index is -0.316. The summed E-state index contributed by atoms with van der Waals surface area (Å²) >= 11 is 0. The predicted molar refractivity (Wildman–Crippen MR) is 77.2 cm³/mol. The van der Waals surface area contributed by atoms with Gasteiger partial charge < -0.3 is 10.1 Å². The van der Waals surface area contributed by atoms with E-state index in [-0.39, 0.29) is 23.8 Å². The zero-order chi connectivity index (χ0) is 14.8. The van der Waals surface area contributed by atoms with E-state index in [1.165, 1.54) is 24.3 Å². The molecule has 0 fully saturated rings. The van der Waals surface area contributed by atoms with E-state index in [1.807, 2.05) is 6.92 Å². The van der Waals surface area contributed by atoms with Gasteiger partial charge in [-0.15, -0.1) is 0 Å². The van der Waals surface area contributed by atoms with Crippen LogP contribution in [0.4, 0.5) is 8.78 Å². The Morgan fingerprint density at radius 2 is 1.81 bits per heavy atom. The molecule has 21 heavy (non-hydrogen) atoms. The molecular weight excluding hydrogens is 272 g/mol. The van der Waals surface area contributed by atoms with Crippen molar-refractivity contribution in [2.45, 2.75) is 25.5 Å². The molecule has 0 aliphatic carbocycles. The van der Waals surface area contributed by atoms with Crippen LogP contribution in [0.1, 0.15) is 36.6 Å². The number of fused-ring (bicyclic) bond motifs is 1. The summed E-state index contributed by atoms with van der Waals surface area (Å²) in [4.78, 5) is 0. The topological polar surface area (TPSA) is 21.3 Å². The SMILES string of the molecule is CCNC1CC(c2ccc(F)cc2)Oc2cc(F)ccc21. The Balaban J connectivity index is 1.94. The third-order valence-electron chi connectivity index (χ3n) is 3.76. The number of hydrogen-bond donors (Lipinski definition) is 1. The first-order chi connectivity index (χ1) is 10.2. The van der Waals surface area contributed by atoms with Crippen molar-refractivity contribution in [3.05, 3.63) is 65.2 Å². The van der Waals surface area contributed by atoms with E-state index in [0.29, 0.717) is 5.75 Å². The Labute approximate surface area is 122 Å². The van der Waals surface area contributed by atoms with Gasteiger partial charge >= 0.3 is 0 Å². The van der Waals surface area contributed by atoms with Crippen LogP contribution in [-0.4, -0.2) is 6.54 Å². The molecule has 2 atom stereocenters. The van der Waals surface area contributed by atoms with Gasteiger partial charge in [0.05, 0.1) is 0 Å². The number of halogens is 2. The maximum atomic E-state index is 13.4. The van der Waals surface area contributed by atoms with Crippen molar-refractivity contribution in [2.75, 3.05) is 6.54 Å². The molecule has 2 aromatic rings. The van der Waals surface area contributed by atoms with E-state index >= 15 is 0 Å². The molecule has 0 amide bonds. The molecule has 1 heterocycles. The fourth-order valence-electron chi connectivity index (χ4n) is 2.76. The van der Waals surface area contributed by atoms with Crippen molar-refractivity contribution >= 4 is 0 Å². The van der Waals surface area contributed by atoms with Crippen LogP contribution < -0.4 is 10.1 Å². The van der Waals surface area contributed by atoms with Gasteiger partial charge in [-0.05, 0) is 30.3 Å². The second-order valence-corrected chi connectivity index (χ2v) is 5.19. The second kappa shape index (κ2) is 5.82. The van der Waals surface area contributed by atoms with Crippen molar-refractivity contribution in [3.8, 4) is 5.75 Å². The highest BCUT2D eigenvalue weighted by Crippen LogP contribution is 2.41. The van der Waals surface area contributed by atoms with E-state index in [1.54, 1.807) is 18.2 Å². The third-order valence-corrected chi connectivity index (χ3v) is 3.76. The molecule has 1 N–H and O–H groups in total. The van der Waals surface area contributed by atoms with Gasteiger partial charge in [0.25, 0.3) is 0 Å². The van der Waals surface area contributed by atoms with Crippen LogP contribution in [0.2, 0.25) is 0 Å². The number of rotatable bonds is 3. The van der Waals surface area contributed by atoms with Crippen LogP contribution in [0.15, 0.2) is 42.5 Å².